The number of rotatable bonds is 1. The van der Waals surface area contributed by atoms with E-state index in [4.69, 9.17) is 18.9 Å². The van der Waals surface area contributed by atoms with Crippen LogP contribution in [0.3, 0.4) is 0 Å². The Kier molecular flexibility index (Phi) is 2.76. The highest BCUT2D eigenvalue weighted by Crippen LogP contribution is 2.65. The van der Waals surface area contributed by atoms with Crippen molar-refractivity contribution in [3.8, 4) is 0 Å². The number of carbonyl (C=O) groups excluding carboxylic acids is 4. The van der Waals surface area contributed by atoms with Gasteiger partial charge in [-0.25, -0.2) is 19.2 Å². The summed E-state index contributed by atoms with van der Waals surface area (Å²) in [6.45, 7) is 0. The molecule has 4 heterocycles. The molecule has 0 aromatic heterocycles. The van der Waals surface area contributed by atoms with Crippen LogP contribution in [0.15, 0.2) is 0 Å². The van der Waals surface area contributed by atoms with Gasteiger partial charge in [-0.3, -0.25) is 0 Å². The van der Waals surface area contributed by atoms with Gasteiger partial charge < -0.3 is 48.1 Å². The summed E-state index contributed by atoms with van der Waals surface area (Å²) >= 11 is 4.99. The van der Waals surface area contributed by atoms with Gasteiger partial charge in [-0.05, 0) is 31.9 Å². The number of hydrogen-bond donors (Lipinski definition) is 2. The van der Waals surface area contributed by atoms with Crippen molar-refractivity contribution >= 4 is 56.5 Å². The number of halogens is 2. The van der Waals surface area contributed by atoms with Crippen LogP contribution in [0.5, 0.6) is 0 Å². The molecular weight excluding hydrogens is 492 g/mol. The van der Waals surface area contributed by atoms with E-state index in [0.29, 0.717) is 0 Å². The molecule has 0 amide bonds. The van der Waals surface area contributed by atoms with Gasteiger partial charge >= 0.3 is 46.7 Å². The zero-order valence-electron chi connectivity index (χ0n) is 11.0. The highest BCUT2D eigenvalue weighted by Gasteiger charge is 3.01. The number of hydrogen-bond acceptors (Lipinski definition) is 14. The molecule has 136 valence electrons. The number of fused-ring (bicyclic) bond motifs is 2. The normalized spacial score (nSPS) is 40.5. The molecule has 0 aromatic rings. The van der Waals surface area contributed by atoms with E-state index in [2.05, 4.69) is 50.8 Å². The minimum atomic E-state index is -3.23. The Hall–Kier alpha value is -2.04. The molecule has 4 rings (SSSR count). The van der Waals surface area contributed by atoms with Gasteiger partial charge in [0.05, 0.1) is 0 Å². The SMILES string of the molecule is O=C1OC2(O1)OC(=O)OC21OC(=O)OC12OC(=O)OC2(Br)C(O)(O)Br. The Bertz CT molecular complexity index is 727. The average molecular weight is 494 g/mol. The van der Waals surface area contributed by atoms with Gasteiger partial charge in [0.15, 0.2) is 0 Å². The number of alkyl halides is 2. The molecule has 0 aromatic carbocycles. The first-order valence-corrected chi connectivity index (χ1v) is 7.49. The molecule has 4 aliphatic heterocycles. The van der Waals surface area contributed by atoms with Crippen LogP contribution in [0.25, 0.3) is 0 Å². The van der Waals surface area contributed by atoms with Crippen LogP contribution in [0.1, 0.15) is 0 Å². The lowest BCUT2D eigenvalue weighted by Gasteiger charge is -2.45. The second kappa shape index (κ2) is 4.19. The number of cyclic esters (lactones) is 1. The molecule has 14 nitrogen and oxygen atoms in total. The van der Waals surface area contributed by atoms with Crippen molar-refractivity contribution in [1.29, 1.82) is 0 Å². The fraction of sp³-hybridized carbons (Fsp3) is 0.556. The van der Waals surface area contributed by atoms with Crippen molar-refractivity contribution in [1.82, 2.24) is 0 Å². The third-order valence-corrected chi connectivity index (χ3v) is 5.78. The second-order valence-corrected chi connectivity index (χ2v) is 7.01. The molecule has 4 fully saturated rings. The molecule has 3 unspecified atom stereocenters. The van der Waals surface area contributed by atoms with E-state index in [1.54, 1.807) is 0 Å². The van der Waals surface area contributed by atoms with Crippen molar-refractivity contribution in [3.05, 3.63) is 0 Å². The van der Waals surface area contributed by atoms with Crippen molar-refractivity contribution in [2.24, 2.45) is 0 Å². The first-order chi connectivity index (χ1) is 11.4. The first-order valence-electron chi connectivity index (χ1n) is 5.91. The average Bonchev–Trinajstić information content (AvgIpc) is 2.94. The van der Waals surface area contributed by atoms with Gasteiger partial charge in [0.2, 0.25) is 0 Å². The van der Waals surface area contributed by atoms with Crippen molar-refractivity contribution in [2.75, 3.05) is 0 Å². The van der Waals surface area contributed by atoms with Crippen LogP contribution < -0.4 is 0 Å². The maximum Gasteiger partial charge on any atom is 0.523 e. The molecule has 0 saturated carbocycles. The second-order valence-electron chi connectivity index (χ2n) is 4.79. The summed E-state index contributed by atoms with van der Waals surface area (Å²) in [7, 11) is 0. The topological polar surface area (TPSA) is 183 Å². The maximum absolute atomic E-state index is 11.8. The van der Waals surface area contributed by atoms with Gasteiger partial charge in [-0.15, -0.1) is 0 Å². The van der Waals surface area contributed by atoms with E-state index >= 15 is 0 Å². The van der Waals surface area contributed by atoms with E-state index in [1.165, 1.54) is 0 Å². The Morgan fingerprint density at radius 1 is 0.680 bits per heavy atom. The largest absolute Gasteiger partial charge is 0.523 e. The van der Waals surface area contributed by atoms with Crippen molar-refractivity contribution in [3.63, 3.8) is 0 Å². The number of aliphatic hydroxyl groups is 2. The van der Waals surface area contributed by atoms with E-state index in [-0.39, 0.29) is 0 Å². The molecule has 25 heavy (non-hydrogen) atoms. The predicted octanol–water partition coefficient (Wildman–Crippen LogP) is -0.176. The molecule has 16 heteroatoms. The highest BCUT2D eigenvalue weighted by atomic mass is 79.9. The van der Waals surface area contributed by atoms with Crippen LogP contribution >= 0.6 is 31.9 Å². The molecule has 0 radical (unpaired) electrons. The van der Waals surface area contributed by atoms with Gasteiger partial charge in [0, 0.05) is 0 Å². The molecule has 0 bridgehead atoms. The first kappa shape index (κ1) is 16.4. The number of ether oxygens (including phenoxy) is 8. The van der Waals surface area contributed by atoms with Crippen molar-refractivity contribution < 1.29 is 67.3 Å². The van der Waals surface area contributed by atoms with Crippen molar-refractivity contribution in [2.45, 2.75) is 26.8 Å². The molecule has 2 N–H and O–H groups in total. The fourth-order valence-corrected chi connectivity index (χ4v) is 3.45. The lowest BCUT2D eigenvalue weighted by atomic mass is 9.96. The van der Waals surface area contributed by atoms with Gasteiger partial charge in [-0.1, -0.05) is 0 Å². The van der Waals surface area contributed by atoms with Crippen LogP contribution in [-0.4, -0.2) is 61.6 Å². The monoisotopic (exact) mass is 492 g/mol. The van der Waals surface area contributed by atoms with E-state index < -0.39 is 51.4 Å². The molecular formula is C9H2Br2O14. The zero-order chi connectivity index (χ0) is 18.5. The predicted molar refractivity (Wildman–Crippen MR) is 66.2 cm³/mol. The van der Waals surface area contributed by atoms with E-state index in [0.717, 1.165) is 0 Å². The van der Waals surface area contributed by atoms with Crippen LogP contribution in [0.4, 0.5) is 19.2 Å². The Balaban J connectivity index is 1.96. The van der Waals surface area contributed by atoms with E-state index in [9.17, 15) is 29.4 Å². The Morgan fingerprint density at radius 2 is 1.04 bits per heavy atom. The summed E-state index contributed by atoms with van der Waals surface area (Å²) in [4.78, 5) is 46.1. The van der Waals surface area contributed by atoms with E-state index in [1.807, 2.05) is 0 Å². The smallest absolute Gasteiger partial charge is 0.400 e. The van der Waals surface area contributed by atoms with Crippen LogP contribution in [-0.2, 0) is 37.9 Å². The van der Waals surface area contributed by atoms with Crippen LogP contribution in [0.2, 0.25) is 0 Å². The van der Waals surface area contributed by atoms with Crippen LogP contribution in [0, 0.1) is 0 Å². The van der Waals surface area contributed by atoms with Gasteiger partial charge in [0.1, 0.15) is 0 Å². The summed E-state index contributed by atoms with van der Waals surface area (Å²) in [5.41, 5.74) is 0. The van der Waals surface area contributed by atoms with Gasteiger partial charge in [0.25, 0.3) is 4.70 Å². The molecule has 3 atom stereocenters. The summed E-state index contributed by atoms with van der Waals surface area (Å²) < 4.78 is 30.9. The summed E-state index contributed by atoms with van der Waals surface area (Å²) in [6, 6.07) is 0. The zero-order valence-corrected chi connectivity index (χ0v) is 14.2. The fourth-order valence-electron chi connectivity index (χ4n) is 2.55. The molecule has 4 saturated heterocycles. The van der Waals surface area contributed by atoms with Gasteiger partial charge in [-0.2, -0.15) is 0 Å². The minimum Gasteiger partial charge on any atom is -0.400 e. The maximum atomic E-state index is 11.8. The highest BCUT2D eigenvalue weighted by molar-refractivity contribution is 9.12. The Labute approximate surface area is 151 Å². The third-order valence-electron chi connectivity index (χ3n) is 3.45. The lowest BCUT2D eigenvalue weighted by Crippen LogP contribution is -2.78. The third kappa shape index (κ3) is 1.60. The standard InChI is InChI=1S/C9H2Br2O14/c10-5(8(11,16)17)6(19-1(12)18-5)7(21-2(13)20-6)9(23-3(14)22-7)24-4(15)25-9/h16-17H. The quantitative estimate of drug-likeness (QED) is 0.212. The molecule has 0 aliphatic carbocycles. The summed E-state index contributed by atoms with van der Waals surface area (Å²) in [5, 5.41) is 19.8. The lowest BCUT2D eigenvalue weighted by molar-refractivity contribution is -0.478. The molecule has 4 aliphatic rings. The molecule has 3 spiro atoms. The number of carbonyl (C=O) groups is 4. The summed E-state index contributed by atoms with van der Waals surface area (Å²) in [5.74, 6) is -9.19. The Morgan fingerprint density at radius 3 is 1.48 bits per heavy atom. The minimum absolute atomic E-state index is 1.39. The summed E-state index contributed by atoms with van der Waals surface area (Å²) in [6.07, 6.45) is -6.30.